The van der Waals surface area contributed by atoms with E-state index in [1.807, 2.05) is 13.8 Å². The highest BCUT2D eigenvalue weighted by molar-refractivity contribution is 5.71. The van der Waals surface area contributed by atoms with Crippen LogP contribution in [0, 0.1) is 0 Å². The molecular formula is C12H21NO5. The van der Waals surface area contributed by atoms with Gasteiger partial charge in [0.2, 0.25) is 0 Å². The molecule has 0 bridgehead atoms. The van der Waals surface area contributed by atoms with Crippen molar-refractivity contribution in [2.24, 2.45) is 0 Å². The molecule has 1 N–H and O–H groups in total. The molecule has 0 aliphatic carbocycles. The number of hydrogen-bond acceptors (Lipinski definition) is 4. The van der Waals surface area contributed by atoms with Gasteiger partial charge in [-0.15, -0.1) is 0 Å². The van der Waals surface area contributed by atoms with Gasteiger partial charge in [0.15, 0.2) is 6.10 Å². The number of rotatable bonds is 4. The van der Waals surface area contributed by atoms with Gasteiger partial charge in [-0.25, -0.2) is 9.59 Å². The molecule has 1 saturated heterocycles. The lowest BCUT2D eigenvalue weighted by atomic mass is 10.1. The van der Waals surface area contributed by atoms with Gasteiger partial charge in [-0.1, -0.05) is 0 Å². The van der Waals surface area contributed by atoms with Gasteiger partial charge >= 0.3 is 12.1 Å². The quantitative estimate of drug-likeness (QED) is 0.827. The Hall–Kier alpha value is -1.30. The number of aliphatic carboxylic acids is 1. The maximum atomic E-state index is 11.6. The summed E-state index contributed by atoms with van der Waals surface area (Å²) in [5, 5.41) is 8.74. The van der Waals surface area contributed by atoms with E-state index in [-0.39, 0.29) is 18.3 Å². The fourth-order valence-corrected chi connectivity index (χ4v) is 1.80. The molecule has 1 atom stereocenters. The molecule has 18 heavy (non-hydrogen) atoms. The van der Waals surface area contributed by atoms with E-state index in [0.29, 0.717) is 25.9 Å². The number of hydrogen-bond donors (Lipinski definition) is 1. The molecule has 1 aliphatic rings. The largest absolute Gasteiger partial charge is 0.479 e. The van der Waals surface area contributed by atoms with E-state index in [1.54, 1.807) is 4.90 Å². The van der Waals surface area contributed by atoms with Crippen molar-refractivity contribution < 1.29 is 24.2 Å². The van der Waals surface area contributed by atoms with Crippen molar-refractivity contribution in [2.45, 2.75) is 51.9 Å². The number of nitrogens with zero attached hydrogens (tertiary/aromatic N) is 1. The predicted molar refractivity (Wildman–Crippen MR) is 64.4 cm³/mol. The number of carbonyl (C=O) groups is 2. The highest BCUT2D eigenvalue weighted by Gasteiger charge is 2.27. The lowest BCUT2D eigenvalue weighted by Gasteiger charge is -2.32. The number of carboxylic acids is 1. The van der Waals surface area contributed by atoms with E-state index in [4.69, 9.17) is 14.6 Å². The van der Waals surface area contributed by atoms with Gasteiger partial charge in [0.1, 0.15) is 0 Å². The fraction of sp³-hybridized carbons (Fsp3) is 0.833. The lowest BCUT2D eigenvalue weighted by Crippen LogP contribution is -2.43. The highest BCUT2D eigenvalue weighted by atomic mass is 16.6. The number of amides is 1. The Balaban J connectivity index is 2.32. The molecule has 6 nitrogen and oxygen atoms in total. The Kier molecular flexibility index (Phi) is 5.40. The summed E-state index contributed by atoms with van der Waals surface area (Å²) >= 11 is 0. The summed E-state index contributed by atoms with van der Waals surface area (Å²) in [5.41, 5.74) is 0. The number of ether oxygens (including phenoxy) is 2. The maximum Gasteiger partial charge on any atom is 0.410 e. The Labute approximate surface area is 107 Å². The van der Waals surface area contributed by atoms with Gasteiger partial charge in [-0.2, -0.15) is 0 Å². The third-order valence-corrected chi connectivity index (χ3v) is 2.78. The van der Waals surface area contributed by atoms with Crippen LogP contribution in [0.3, 0.4) is 0 Å². The van der Waals surface area contributed by atoms with E-state index < -0.39 is 12.1 Å². The molecule has 6 heteroatoms. The summed E-state index contributed by atoms with van der Waals surface area (Å²) in [7, 11) is 0. The van der Waals surface area contributed by atoms with Crippen molar-refractivity contribution in [1.82, 2.24) is 4.90 Å². The van der Waals surface area contributed by atoms with E-state index >= 15 is 0 Å². The van der Waals surface area contributed by atoms with Gasteiger partial charge < -0.3 is 19.5 Å². The molecule has 1 aliphatic heterocycles. The van der Waals surface area contributed by atoms with Gasteiger partial charge in [0.05, 0.1) is 12.2 Å². The molecule has 0 aromatic carbocycles. The SMILES string of the molecule is CC(C)OC(=O)N1CCC(OC(C)C(=O)O)CC1. The first-order valence-corrected chi connectivity index (χ1v) is 6.24. The van der Waals surface area contributed by atoms with Crippen LogP contribution in [0.4, 0.5) is 4.79 Å². The van der Waals surface area contributed by atoms with Crippen molar-refractivity contribution in [3.05, 3.63) is 0 Å². The van der Waals surface area contributed by atoms with E-state index in [0.717, 1.165) is 0 Å². The zero-order chi connectivity index (χ0) is 13.7. The molecule has 0 spiro atoms. The number of carboxylic acid groups (broad SMARTS) is 1. The second-order valence-corrected chi connectivity index (χ2v) is 4.74. The summed E-state index contributed by atoms with van der Waals surface area (Å²) in [6, 6.07) is 0. The Bertz CT molecular complexity index is 297. The van der Waals surface area contributed by atoms with E-state index in [9.17, 15) is 9.59 Å². The Morgan fingerprint density at radius 3 is 2.22 bits per heavy atom. The van der Waals surface area contributed by atoms with Crippen LogP contribution in [0.25, 0.3) is 0 Å². The van der Waals surface area contributed by atoms with Crippen LogP contribution in [0.5, 0.6) is 0 Å². The summed E-state index contributed by atoms with van der Waals surface area (Å²) in [4.78, 5) is 23.9. The van der Waals surface area contributed by atoms with E-state index in [2.05, 4.69) is 0 Å². The van der Waals surface area contributed by atoms with Crippen LogP contribution >= 0.6 is 0 Å². The van der Waals surface area contributed by atoms with Crippen LogP contribution in [0.2, 0.25) is 0 Å². The van der Waals surface area contributed by atoms with Crippen LogP contribution in [0.1, 0.15) is 33.6 Å². The van der Waals surface area contributed by atoms with Crippen LogP contribution in [0.15, 0.2) is 0 Å². The van der Waals surface area contributed by atoms with Crippen LogP contribution in [-0.2, 0) is 14.3 Å². The molecule has 0 aromatic rings. The first kappa shape index (κ1) is 14.8. The zero-order valence-electron chi connectivity index (χ0n) is 11.1. The number of piperidine rings is 1. The lowest BCUT2D eigenvalue weighted by molar-refractivity contribution is -0.154. The first-order chi connectivity index (χ1) is 8.40. The molecule has 0 saturated carbocycles. The summed E-state index contributed by atoms with van der Waals surface area (Å²) in [6.45, 7) is 6.22. The molecule has 1 fully saturated rings. The average Bonchev–Trinajstić information content (AvgIpc) is 2.28. The smallest absolute Gasteiger partial charge is 0.410 e. The zero-order valence-corrected chi connectivity index (χ0v) is 11.1. The average molecular weight is 259 g/mol. The molecule has 0 radical (unpaired) electrons. The van der Waals surface area contributed by atoms with E-state index in [1.165, 1.54) is 6.92 Å². The number of likely N-dealkylation sites (tertiary alicyclic amines) is 1. The standard InChI is InChI=1S/C12H21NO5/c1-8(2)17-12(16)13-6-4-10(5-7-13)18-9(3)11(14)15/h8-10H,4-7H2,1-3H3,(H,14,15). The highest BCUT2D eigenvalue weighted by Crippen LogP contribution is 2.16. The molecule has 0 aromatic heterocycles. The monoisotopic (exact) mass is 259 g/mol. The minimum atomic E-state index is -0.961. The molecule has 1 rings (SSSR count). The second-order valence-electron chi connectivity index (χ2n) is 4.74. The fourth-order valence-electron chi connectivity index (χ4n) is 1.80. The normalized spacial score (nSPS) is 18.8. The van der Waals surface area contributed by atoms with Crippen molar-refractivity contribution in [3.63, 3.8) is 0 Å². The van der Waals surface area contributed by atoms with Gasteiger partial charge in [0, 0.05) is 13.1 Å². The molecular weight excluding hydrogens is 238 g/mol. The third kappa shape index (κ3) is 4.52. The van der Waals surface area contributed by atoms with Crippen molar-refractivity contribution >= 4 is 12.1 Å². The summed E-state index contributed by atoms with van der Waals surface area (Å²) in [6.07, 6.45) is -0.0491. The van der Waals surface area contributed by atoms with Gasteiger partial charge in [0.25, 0.3) is 0 Å². The third-order valence-electron chi connectivity index (χ3n) is 2.78. The minimum Gasteiger partial charge on any atom is -0.479 e. The summed E-state index contributed by atoms with van der Waals surface area (Å²) < 4.78 is 10.5. The van der Waals surface area contributed by atoms with Crippen molar-refractivity contribution in [2.75, 3.05) is 13.1 Å². The second kappa shape index (κ2) is 6.58. The Morgan fingerprint density at radius 2 is 1.78 bits per heavy atom. The molecule has 1 amide bonds. The molecule has 1 heterocycles. The minimum absolute atomic E-state index is 0.0980. The van der Waals surface area contributed by atoms with Crippen LogP contribution in [-0.4, -0.2) is 53.5 Å². The Morgan fingerprint density at radius 1 is 1.22 bits per heavy atom. The predicted octanol–water partition coefficient (Wildman–Crippen LogP) is 1.49. The first-order valence-electron chi connectivity index (χ1n) is 6.24. The van der Waals surface area contributed by atoms with Crippen LogP contribution < -0.4 is 0 Å². The topological polar surface area (TPSA) is 76.1 Å². The molecule has 1 unspecified atom stereocenters. The number of carbonyl (C=O) groups excluding carboxylic acids is 1. The van der Waals surface area contributed by atoms with Crippen molar-refractivity contribution in [3.8, 4) is 0 Å². The molecule has 104 valence electrons. The summed E-state index contributed by atoms with van der Waals surface area (Å²) in [5.74, 6) is -0.961. The van der Waals surface area contributed by atoms with Crippen molar-refractivity contribution in [1.29, 1.82) is 0 Å². The van der Waals surface area contributed by atoms with Gasteiger partial charge in [-0.3, -0.25) is 0 Å². The van der Waals surface area contributed by atoms with Gasteiger partial charge in [-0.05, 0) is 33.6 Å². The maximum absolute atomic E-state index is 11.6.